The molecule has 0 bridgehead atoms. The van der Waals surface area contributed by atoms with Gasteiger partial charge in [-0.2, -0.15) is 5.10 Å². The predicted molar refractivity (Wildman–Crippen MR) is 92.1 cm³/mol. The van der Waals surface area contributed by atoms with E-state index in [1.807, 2.05) is 11.7 Å². The Balaban J connectivity index is 1.63. The number of anilines is 1. The zero-order chi connectivity index (χ0) is 16.7. The van der Waals surface area contributed by atoms with E-state index in [-0.39, 0.29) is 12.1 Å². The predicted octanol–water partition coefficient (Wildman–Crippen LogP) is 2.65. The molecule has 1 fully saturated rings. The highest BCUT2D eigenvalue weighted by molar-refractivity contribution is 5.48. The quantitative estimate of drug-likeness (QED) is 0.939. The first-order valence-electron chi connectivity index (χ1n) is 8.86. The van der Waals surface area contributed by atoms with Gasteiger partial charge >= 0.3 is 0 Å². The van der Waals surface area contributed by atoms with Crippen LogP contribution in [0.5, 0.6) is 0 Å². The summed E-state index contributed by atoms with van der Waals surface area (Å²) in [4.78, 5) is 9.00. The van der Waals surface area contributed by atoms with Crippen LogP contribution in [0.2, 0.25) is 0 Å². The molecule has 4 rings (SSSR count). The molecule has 0 amide bonds. The van der Waals surface area contributed by atoms with Crippen LogP contribution >= 0.6 is 0 Å². The number of nitrogens with zero attached hydrogens (tertiary/aromatic N) is 4. The fraction of sp³-hybridized carbons (Fsp3) is 0.611. The Morgan fingerprint density at radius 3 is 2.83 bits per heavy atom. The normalized spacial score (nSPS) is 23.3. The number of aryl methyl sites for hydroxylation is 3. The molecule has 6 nitrogen and oxygen atoms in total. The highest BCUT2D eigenvalue weighted by Crippen LogP contribution is 2.35. The van der Waals surface area contributed by atoms with E-state index < -0.39 is 0 Å². The summed E-state index contributed by atoms with van der Waals surface area (Å²) in [6, 6.07) is 0.229. The van der Waals surface area contributed by atoms with Crippen molar-refractivity contribution < 1.29 is 4.74 Å². The third kappa shape index (κ3) is 2.59. The van der Waals surface area contributed by atoms with Gasteiger partial charge in [0.1, 0.15) is 18.2 Å². The molecule has 2 aliphatic rings. The average Bonchev–Trinajstić information content (AvgIpc) is 3.12. The van der Waals surface area contributed by atoms with Gasteiger partial charge in [-0.15, -0.1) is 0 Å². The molecule has 0 radical (unpaired) electrons. The van der Waals surface area contributed by atoms with Crippen molar-refractivity contribution in [2.45, 2.75) is 58.1 Å². The second kappa shape index (κ2) is 6.16. The minimum absolute atomic E-state index is 0.0351. The SMILES string of the molecule is Cc1nn(C)c(C)c1[C@H]1OCC[C@@H]1Nc1ncnc2c1CCCC2. The Hall–Kier alpha value is -1.95. The van der Waals surface area contributed by atoms with Gasteiger partial charge in [0, 0.05) is 36.2 Å². The fourth-order valence-corrected chi connectivity index (χ4v) is 4.04. The average molecular weight is 327 g/mol. The molecular weight excluding hydrogens is 302 g/mol. The first kappa shape index (κ1) is 15.6. The summed E-state index contributed by atoms with van der Waals surface area (Å²) in [6.45, 7) is 4.94. The van der Waals surface area contributed by atoms with Crippen LogP contribution in [0.3, 0.4) is 0 Å². The maximum Gasteiger partial charge on any atom is 0.133 e. The Labute approximate surface area is 142 Å². The van der Waals surface area contributed by atoms with Crippen LogP contribution in [0.15, 0.2) is 6.33 Å². The van der Waals surface area contributed by atoms with Crippen LogP contribution in [0.25, 0.3) is 0 Å². The van der Waals surface area contributed by atoms with E-state index in [1.165, 1.54) is 35.4 Å². The summed E-state index contributed by atoms with van der Waals surface area (Å²) in [7, 11) is 1.99. The second-order valence-corrected chi connectivity index (χ2v) is 6.89. The van der Waals surface area contributed by atoms with Crippen molar-refractivity contribution in [1.29, 1.82) is 0 Å². The number of ether oxygens (including phenoxy) is 1. The molecule has 0 spiro atoms. The molecule has 1 aliphatic heterocycles. The van der Waals surface area contributed by atoms with Crippen molar-refractivity contribution in [3.8, 4) is 0 Å². The number of hydrogen-bond donors (Lipinski definition) is 1. The highest BCUT2D eigenvalue weighted by Gasteiger charge is 2.34. The summed E-state index contributed by atoms with van der Waals surface area (Å²) in [5, 5.41) is 8.22. The number of rotatable bonds is 3. The molecule has 2 aromatic heterocycles. The summed E-state index contributed by atoms with van der Waals surface area (Å²) >= 11 is 0. The zero-order valence-corrected chi connectivity index (χ0v) is 14.7. The van der Waals surface area contributed by atoms with Gasteiger partial charge in [-0.05, 0) is 46.0 Å². The van der Waals surface area contributed by atoms with E-state index in [1.54, 1.807) is 6.33 Å². The van der Waals surface area contributed by atoms with E-state index in [4.69, 9.17) is 4.74 Å². The largest absolute Gasteiger partial charge is 0.371 e. The van der Waals surface area contributed by atoms with Crippen LogP contribution in [0.1, 0.15) is 53.6 Å². The van der Waals surface area contributed by atoms with E-state index in [9.17, 15) is 0 Å². The van der Waals surface area contributed by atoms with Crippen LogP contribution < -0.4 is 5.32 Å². The Bertz CT molecular complexity index is 754. The molecule has 128 valence electrons. The molecule has 6 heteroatoms. The molecule has 2 aromatic rings. The van der Waals surface area contributed by atoms with Crippen molar-refractivity contribution in [3.05, 3.63) is 34.5 Å². The molecular formula is C18H25N5O. The first-order chi connectivity index (χ1) is 11.6. The molecule has 1 N–H and O–H groups in total. The summed E-state index contributed by atoms with van der Waals surface area (Å²) in [5.41, 5.74) is 5.96. The van der Waals surface area contributed by atoms with Gasteiger partial charge in [0.2, 0.25) is 0 Å². The number of aromatic nitrogens is 4. The Morgan fingerprint density at radius 1 is 1.21 bits per heavy atom. The van der Waals surface area contributed by atoms with Crippen LogP contribution in [0.4, 0.5) is 5.82 Å². The number of fused-ring (bicyclic) bond motifs is 1. The zero-order valence-electron chi connectivity index (χ0n) is 14.7. The van der Waals surface area contributed by atoms with Gasteiger partial charge in [-0.1, -0.05) is 0 Å². The Kier molecular flexibility index (Phi) is 4.00. The minimum atomic E-state index is 0.0351. The molecule has 1 saturated heterocycles. The summed E-state index contributed by atoms with van der Waals surface area (Å²) in [5.74, 6) is 0.999. The number of nitrogens with one attached hydrogen (secondary N) is 1. The Morgan fingerprint density at radius 2 is 2.04 bits per heavy atom. The van der Waals surface area contributed by atoms with Gasteiger partial charge in [0.05, 0.1) is 11.7 Å². The van der Waals surface area contributed by atoms with Crippen LogP contribution in [-0.2, 0) is 24.6 Å². The third-order valence-corrected chi connectivity index (χ3v) is 5.39. The van der Waals surface area contributed by atoms with Crippen LogP contribution in [-0.4, -0.2) is 32.4 Å². The minimum Gasteiger partial charge on any atom is -0.371 e. The lowest BCUT2D eigenvalue weighted by Crippen LogP contribution is -2.26. The first-order valence-corrected chi connectivity index (χ1v) is 8.86. The van der Waals surface area contributed by atoms with E-state index >= 15 is 0 Å². The maximum atomic E-state index is 6.08. The maximum absolute atomic E-state index is 6.08. The van der Waals surface area contributed by atoms with Gasteiger partial charge < -0.3 is 10.1 Å². The molecule has 1 aliphatic carbocycles. The molecule has 0 unspecified atom stereocenters. The smallest absolute Gasteiger partial charge is 0.133 e. The van der Waals surface area contributed by atoms with Crippen molar-refractivity contribution in [2.24, 2.45) is 7.05 Å². The van der Waals surface area contributed by atoms with Crippen molar-refractivity contribution in [2.75, 3.05) is 11.9 Å². The van der Waals surface area contributed by atoms with E-state index in [0.29, 0.717) is 0 Å². The monoisotopic (exact) mass is 327 g/mol. The molecule has 0 aromatic carbocycles. The summed E-state index contributed by atoms with van der Waals surface area (Å²) < 4.78 is 8.02. The van der Waals surface area contributed by atoms with Gasteiger partial charge in [0.25, 0.3) is 0 Å². The topological polar surface area (TPSA) is 64.9 Å². The molecule has 24 heavy (non-hydrogen) atoms. The van der Waals surface area contributed by atoms with Crippen LogP contribution in [0, 0.1) is 13.8 Å². The van der Waals surface area contributed by atoms with E-state index in [2.05, 4.69) is 34.2 Å². The van der Waals surface area contributed by atoms with Crippen molar-refractivity contribution in [3.63, 3.8) is 0 Å². The van der Waals surface area contributed by atoms with Gasteiger partial charge in [-0.3, -0.25) is 4.68 Å². The van der Waals surface area contributed by atoms with Gasteiger partial charge in [0.15, 0.2) is 0 Å². The van der Waals surface area contributed by atoms with E-state index in [0.717, 1.165) is 37.4 Å². The fourth-order valence-electron chi connectivity index (χ4n) is 4.04. The summed E-state index contributed by atoms with van der Waals surface area (Å²) in [6.07, 6.45) is 7.30. The molecule has 2 atom stereocenters. The van der Waals surface area contributed by atoms with Gasteiger partial charge in [-0.25, -0.2) is 9.97 Å². The van der Waals surface area contributed by atoms with Crippen molar-refractivity contribution >= 4 is 5.82 Å². The van der Waals surface area contributed by atoms with Crippen molar-refractivity contribution in [1.82, 2.24) is 19.7 Å². The lowest BCUT2D eigenvalue weighted by Gasteiger charge is -2.24. The standard InChI is InChI=1S/C18H25N5O/c1-11-16(12(2)23(3)22-11)17-15(8-9-24-17)21-18-13-6-4-5-7-14(13)19-10-20-18/h10,15,17H,4-9H2,1-3H3,(H,19,20,21)/t15-,17-/m0/s1. The molecule has 3 heterocycles. The third-order valence-electron chi connectivity index (χ3n) is 5.39. The second-order valence-electron chi connectivity index (χ2n) is 6.89. The number of hydrogen-bond acceptors (Lipinski definition) is 5. The molecule has 0 saturated carbocycles. The lowest BCUT2D eigenvalue weighted by atomic mass is 9.95. The lowest BCUT2D eigenvalue weighted by molar-refractivity contribution is 0.106. The highest BCUT2D eigenvalue weighted by atomic mass is 16.5.